The van der Waals surface area contributed by atoms with Crippen LogP contribution < -0.4 is 0 Å². The van der Waals surface area contributed by atoms with E-state index >= 15 is 0 Å². The molecule has 0 spiro atoms. The molecule has 11 heteroatoms. The van der Waals surface area contributed by atoms with E-state index in [1.54, 1.807) is 0 Å². The van der Waals surface area contributed by atoms with Crippen molar-refractivity contribution in [3.8, 4) is 0 Å². The normalized spacial score (nSPS) is 13.2. The molecule has 0 heterocycles. The van der Waals surface area contributed by atoms with Gasteiger partial charge in [-0.15, -0.1) is 0 Å². The number of nitrogens with zero attached hydrogens (tertiary/aromatic N) is 1. The molecule has 0 atom stereocenters. The molecule has 0 aromatic heterocycles. The Morgan fingerprint density at radius 2 is 1.00 bits per heavy atom. The van der Waals surface area contributed by atoms with E-state index in [4.69, 9.17) is 0 Å². The number of hydrogen-bond donors (Lipinski definition) is 0. The lowest BCUT2D eigenvalue weighted by molar-refractivity contribution is -0.389. The van der Waals surface area contributed by atoms with Gasteiger partial charge in [-0.05, 0) is 11.1 Å². The topological polar surface area (TPSA) is 20.3 Å². The highest BCUT2D eigenvalue weighted by molar-refractivity contribution is 5.85. The Morgan fingerprint density at radius 3 is 1.33 bits per heavy atom. The van der Waals surface area contributed by atoms with Crippen molar-refractivity contribution in [3.05, 3.63) is 71.8 Å². The molecule has 0 fully saturated rings. The number of hydrogen-bond acceptors (Lipinski definition) is 1. The van der Waals surface area contributed by atoms with Gasteiger partial charge >= 0.3 is 29.9 Å². The maximum Gasteiger partial charge on any atom is 0.460 e. The molecule has 2 nitrogen and oxygen atoms in total. The van der Waals surface area contributed by atoms with Crippen LogP contribution in [0.5, 0.6) is 0 Å². The molecule has 2 aromatic rings. The van der Waals surface area contributed by atoms with Crippen LogP contribution in [0, 0.1) is 0 Å². The zero-order valence-electron chi connectivity index (χ0n) is 14.9. The second-order valence-electron chi connectivity index (χ2n) is 6.35. The highest BCUT2D eigenvalue weighted by Gasteiger charge is 2.84. The molecule has 0 radical (unpaired) electrons. The Bertz CT molecular complexity index is 810. The molecule has 2 aromatic carbocycles. The number of alkyl halides is 9. The maximum absolute atomic E-state index is 14.2. The number of carbonyl (C=O) groups excluding carboxylic acids is 1. The van der Waals surface area contributed by atoms with Gasteiger partial charge in [0.2, 0.25) is 0 Å². The van der Waals surface area contributed by atoms with E-state index in [0.29, 0.717) is 0 Å². The minimum atomic E-state index is -7.13. The largest absolute Gasteiger partial charge is 0.460 e. The monoisotopic (exact) mass is 443 g/mol. The van der Waals surface area contributed by atoms with E-state index in [-0.39, 0.29) is 16.0 Å². The minimum absolute atomic E-state index is 0.102. The summed E-state index contributed by atoms with van der Waals surface area (Å²) >= 11 is 0. The second-order valence-corrected chi connectivity index (χ2v) is 6.35. The third-order valence-electron chi connectivity index (χ3n) is 4.13. The van der Waals surface area contributed by atoms with Crippen LogP contribution in [0.4, 0.5) is 39.5 Å². The van der Waals surface area contributed by atoms with Crippen molar-refractivity contribution in [1.29, 1.82) is 0 Å². The summed E-state index contributed by atoms with van der Waals surface area (Å²) in [5, 5.41) is 0. The first-order chi connectivity index (χ1) is 13.7. The van der Waals surface area contributed by atoms with E-state index in [0.717, 1.165) is 0 Å². The Hall–Kier alpha value is -2.72. The van der Waals surface area contributed by atoms with Gasteiger partial charge in [0.05, 0.1) is 0 Å². The fourth-order valence-electron chi connectivity index (χ4n) is 2.52. The smallest absolute Gasteiger partial charge is 0.329 e. The number of rotatable bonds is 7. The Labute approximate surface area is 164 Å². The molecule has 0 aliphatic rings. The first-order valence-electron chi connectivity index (χ1n) is 8.29. The lowest BCUT2D eigenvalue weighted by atomic mass is 10.0. The van der Waals surface area contributed by atoms with Gasteiger partial charge in [0.1, 0.15) is 0 Å². The SMILES string of the molecule is O=C(N(Cc1ccccc1)Cc1ccccc1)C(F)(F)C(F)(F)C(F)(F)C(F)(F)F. The van der Waals surface area contributed by atoms with E-state index in [2.05, 4.69) is 0 Å². The standard InChI is InChI=1S/C19H14F9NO/c20-16(21,17(22,23)18(24,25)19(26,27)28)15(30)29(11-13-7-3-1-4-8-13)12-14-9-5-2-6-10-14/h1-10H,11-12H2. The molecule has 0 N–H and O–H groups in total. The molecule has 0 aliphatic heterocycles. The van der Waals surface area contributed by atoms with Gasteiger partial charge in [0.15, 0.2) is 0 Å². The molecule has 1 amide bonds. The average molecular weight is 443 g/mol. The minimum Gasteiger partial charge on any atom is -0.329 e. The van der Waals surface area contributed by atoms with Gasteiger partial charge in [-0.1, -0.05) is 60.7 Å². The fraction of sp³-hybridized carbons (Fsp3) is 0.316. The number of carbonyl (C=O) groups is 1. The van der Waals surface area contributed by atoms with Crippen LogP contribution in [-0.4, -0.2) is 34.8 Å². The molecule has 164 valence electrons. The van der Waals surface area contributed by atoms with Crippen molar-refractivity contribution < 1.29 is 44.3 Å². The van der Waals surface area contributed by atoms with Gasteiger partial charge in [-0.2, -0.15) is 39.5 Å². The third kappa shape index (κ3) is 4.39. The lowest BCUT2D eigenvalue weighted by Gasteiger charge is -2.35. The second kappa shape index (κ2) is 8.19. The van der Waals surface area contributed by atoms with Crippen molar-refractivity contribution >= 4 is 5.91 Å². The third-order valence-corrected chi connectivity index (χ3v) is 4.13. The molecule has 0 saturated heterocycles. The van der Waals surface area contributed by atoms with Gasteiger partial charge in [-0.25, -0.2) is 0 Å². The predicted octanol–water partition coefficient (Wildman–Crippen LogP) is 5.68. The van der Waals surface area contributed by atoms with E-state index in [9.17, 15) is 44.3 Å². The molecular weight excluding hydrogens is 429 g/mol. The van der Waals surface area contributed by atoms with Crippen molar-refractivity contribution in [2.45, 2.75) is 37.0 Å². The quantitative estimate of drug-likeness (QED) is 0.504. The van der Waals surface area contributed by atoms with Crippen molar-refractivity contribution in [2.24, 2.45) is 0 Å². The van der Waals surface area contributed by atoms with E-state index in [1.807, 2.05) is 0 Å². The molecule has 0 aliphatic carbocycles. The molecule has 30 heavy (non-hydrogen) atoms. The van der Waals surface area contributed by atoms with Crippen LogP contribution in [0.25, 0.3) is 0 Å². The maximum atomic E-state index is 14.2. The van der Waals surface area contributed by atoms with Crippen molar-refractivity contribution in [1.82, 2.24) is 4.90 Å². The Balaban J connectivity index is 2.44. The summed E-state index contributed by atoms with van der Waals surface area (Å²) in [5.41, 5.74) is 0.340. The predicted molar refractivity (Wildman–Crippen MR) is 88.0 cm³/mol. The molecular formula is C19H14F9NO. The zero-order chi connectivity index (χ0) is 22.8. The molecule has 2 rings (SSSR count). The van der Waals surface area contributed by atoms with Gasteiger partial charge in [0.25, 0.3) is 0 Å². The summed E-state index contributed by atoms with van der Waals surface area (Å²) in [6.07, 6.45) is -7.00. The summed E-state index contributed by atoms with van der Waals surface area (Å²) in [7, 11) is 0. The Kier molecular flexibility index (Phi) is 6.43. The van der Waals surface area contributed by atoms with Crippen LogP contribution in [0.1, 0.15) is 11.1 Å². The summed E-state index contributed by atoms with van der Waals surface area (Å²) in [4.78, 5) is 12.3. The molecule has 0 saturated carbocycles. The Morgan fingerprint density at radius 1 is 0.633 bits per heavy atom. The summed E-state index contributed by atoms with van der Waals surface area (Å²) in [6, 6.07) is 14.2. The van der Waals surface area contributed by atoms with E-state index < -0.39 is 42.9 Å². The van der Waals surface area contributed by atoms with Crippen LogP contribution in [-0.2, 0) is 17.9 Å². The van der Waals surface area contributed by atoms with Crippen LogP contribution in [0.3, 0.4) is 0 Å². The van der Waals surface area contributed by atoms with Gasteiger partial charge in [-0.3, -0.25) is 4.79 Å². The van der Waals surface area contributed by atoms with Crippen LogP contribution >= 0.6 is 0 Å². The van der Waals surface area contributed by atoms with Gasteiger partial charge < -0.3 is 4.90 Å². The first-order valence-corrected chi connectivity index (χ1v) is 8.29. The molecule has 0 unspecified atom stereocenters. The lowest BCUT2D eigenvalue weighted by Crippen LogP contribution is -2.65. The first kappa shape index (κ1) is 23.6. The molecule has 0 bridgehead atoms. The fourth-order valence-corrected chi connectivity index (χ4v) is 2.52. The van der Waals surface area contributed by atoms with E-state index in [1.165, 1.54) is 60.7 Å². The highest BCUT2D eigenvalue weighted by atomic mass is 19.4. The number of amides is 1. The highest BCUT2D eigenvalue weighted by Crippen LogP contribution is 2.53. The van der Waals surface area contributed by atoms with Crippen molar-refractivity contribution in [3.63, 3.8) is 0 Å². The van der Waals surface area contributed by atoms with Crippen LogP contribution in [0.2, 0.25) is 0 Å². The zero-order valence-corrected chi connectivity index (χ0v) is 14.9. The average Bonchev–Trinajstić information content (AvgIpc) is 2.67. The number of benzene rings is 2. The summed E-state index contributed by atoms with van der Waals surface area (Å²) in [6.45, 7) is -1.45. The van der Waals surface area contributed by atoms with Crippen molar-refractivity contribution in [2.75, 3.05) is 0 Å². The summed E-state index contributed by atoms with van der Waals surface area (Å²) < 4.78 is 119. The number of halogens is 9. The van der Waals surface area contributed by atoms with Crippen LogP contribution in [0.15, 0.2) is 60.7 Å². The summed E-state index contributed by atoms with van der Waals surface area (Å²) in [5.74, 6) is -23.3. The van der Waals surface area contributed by atoms with Gasteiger partial charge in [0, 0.05) is 13.1 Å².